The maximum atomic E-state index is 5.64. The molecule has 1 saturated heterocycles. The molecule has 0 radical (unpaired) electrons. The summed E-state index contributed by atoms with van der Waals surface area (Å²) in [6, 6.07) is 0.798. The van der Waals surface area contributed by atoms with Gasteiger partial charge in [0.2, 0.25) is 0 Å². The Balaban J connectivity index is 1.52. The lowest BCUT2D eigenvalue weighted by Crippen LogP contribution is -2.40. The van der Waals surface area contributed by atoms with Crippen molar-refractivity contribution in [1.29, 1.82) is 0 Å². The highest BCUT2D eigenvalue weighted by atomic mass is 16.5. The molecular weight excluding hydrogens is 176 g/mol. The average molecular weight is 198 g/mol. The van der Waals surface area contributed by atoms with Crippen molar-refractivity contribution >= 4 is 0 Å². The molecule has 0 aromatic heterocycles. The van der Waals surface area contributed by atoms with E-state index in [0.29, 0.717) is 6.10 Å². The summed E-state index contributed by atoms with van der Waals surface area (Å²) in [4.78, 5) is 0. The van der Waals surface area contributed by atoms with E-state index in [9.17, 15) is 0 Å². The normalized spacial score (nSPS) is 29.6. The van der Waals surface area contributed by atoms with E-state index >= 15 is 0 Å². The molecule has 1 atom stereocenters. The Kier molecular flexibility index (Phi) is 4.22. The van der Waals surface area contributed by atoms with E-state index < -0.39 is 0 Å². The molecule has 1 aliphatic heterocycles. The minimum absolute atomic E-state index is 0.442. The van der Waals surface area contributed by atoms with Crippen molar-refractivity contribution in [2.45, 2.75) is 44.2 Å². The van der Waals surface area contributed by atoms with Crippen LogP contribution >= 0.6 is 0 Å². The SMILES string of the molecule is C1CCC(NCCC2CNCCO2)C1. The van der Waals surface area contributed by atoms with Gasteiger partial charge in [-0.25, -0.2) is 0 Å². The van der Waals surface area contributed by atoms with Crippen molar-refractivity contribution in [3.05, 3.63) is 0 Å². The highest BCUT2D eigenvalue weighted by molar-refractivity contribution is 4.75. The molecule has 0 aromatic carbocycles. The van der Waals surface area contributed by atoms with Crippen LogP contribution in [0.1, 0.15) is 32.1 Å². The summed E-state index contributed by atoms with van der Waals surface area (Å²) in [7, 11) is 0. The Hall–Kier alpha value is -0.120. The molecule has 3 heteroatoms. The molecular formula is C11H22N2O. The molecule has 0 aromatic rings. The van der Waals surface area contributed by atoms with Crippen molar-refractivity contribution in [3.8, 4) is 0 Å². The second kappa shape index (κ2) is 5.69. The summed E-state index contributed by atoms with van der Waals surface area (Å²) < 4.78 is 5.64. The first-order valence-electron chi connectivity index (χ1n) is 6.01. The summed E-state index contributed by atoms with van der Waals surface area (Å²) in [5.74, 6) is 0. The molecule has 1 saturated carbocycles. The van der Waals surface area contributed by atoms with E-state index in [1.807, 2.05) is 0 Å². The molecule has 1 aliphatic carbocycles. The molecule has 0 bridgehead atoms. The summed E-state index contributed by atoms with van der Waals surface area (Å²) in [6.07, 6.45) is 7.19. The van der Waals surface area contributed by atoms with Crippen molar-refractivity contribution < 1.29 is 4.74 Å². The van der Waals surface area contributed by atoms with Crippen LogP contribution < -0.4 is 10.6 Å². The van der Waals surface area contributed by atoms with Gasteiger partial charge in [0, 0.05) is 19.1 Å². The monoisotopic (exact) mass is 198 g/mol. The summed E-state index contributed by atoms with van der Waals surface area (Å²) in [5, 5.41) is 6.98. The molecule has 2 rings (SSSR count). The van der Waals surface area contributed by atoms with Crippen molar-refractivity contribution in [2.24, 2.45) is 0 Å². The van der Waals surface area contributed by atoms with Crippen LogP contribution in [0.4, 0.5) is 0 Å². The number of ether oxygens (including phenoxy) is 1. The summed E-state index contributed by atoms with van der Waals surface area (Å²) >= 11 is 0. The van der Waals surface area contributed by atoms with Crippen molar-refractivity contribution in [3.63, 3.8) is 0 Å². The minimum atomic E-state index is 0.442. The van der Waals surface area contributed by atoms with Crippen LogP contribution in [-0.2, 0) is 4.74 Å². The molecule has 0 spiro atoms. The number of nitrogens with one attached hydrogen (secondary N) is 2. The van der Waals surface area contributed by atoms with Gasteiger partial charge in [-0.1, -0.05) is 12.8 Å². The van der Waals surface area contributed by atoms with Crippen LogP contribution in [0.3, 0.4) is 0 Å². The van der Waals surface area contributed by atoms with E-state index in [-0.39, 0.29) is 0 Å². The van der Waals surface area contributed by atoms with Gasteiger partial charge in [0.25, 0.3) is 0 Å². The molecule has 3 nitrogen and oxygen atoms in total. The number of hydrogen-bond donors (Lipinski definition) is 2. The zero-order valence-electron chi connectivity index (χ0n) is 8.93. The van der Waals surface area contributed by atoms with Crippen LogP contribution in [0.5, 0.6) is 0 Å². The molecule has 1 unspecified atom stereocenters. The smallest absolute Gasteiger partial charge is 0.0712 e. The first kappa shape index (κ1) is 10.4. The van der Waals surface area contributed by atoms with Gasteiger partial charge in [-0.3, -0.25) is 0 Å². The third kappa shape index (κ3) is 3.23. The van der Waals surface area contributed by atoms with Gasteiger partial charge in [0.15, 0.2) is 0 Å². The molecule has 2 fully saturated rings. The van der Waals surface area contributed by atoms with E-state index in [1.165, 1.54) is 25.7 Å². The van der Waals surface area contributed by atoms with Crippen LogP contribution in [-0.4, -0.2) is 38.4 Å². The number of morpholine rings is 1. The maximum Gasteiger partial charge on any atom is 0.0712 e. The second-order valence-corrected chi connectivity index (χ2v) is 4.42. The zero-order chi connectivity index (χ0) is 9.64. The summed E-state index contributed by atoms with van der Waals surface area (Å²) in [5.41, 5.74) is 0. The van der Waals surface area contributed by atoms with Crippen molar-refractivity contribution in [2.75, 3.05) is 26.2 Å². The predicted octanol–water partition coefficient (Wildman–Crippen LogP) is 0.897. The Labute approximate surface area is 86.6 Å². The number of rotatable bonds is 4. The largest absolute Gasteiger partial charge is 0.376 e. The second-order valence-electron chi connectivity index (χ2n) is 4.42. The van der Waals surface area contributed by atoms with Crippen LogP contribution in [0.2, 0.25) is 0 Å². The van der Waals surface area contributed by atoms with Gasteiger partial charge in [-0.15, -0.1) is 0 Å². The lowest BCUT2D eigenvalue weighted by molar-refractivity contribution is 0.0235. The fraction of sp³-hybridized carbons (Fsp3) is 1.00. The maximum absolute atomic E-state index is 5.64. The fourth-order valence-electron chi connectivity index (χ4n) is 2.38. The zero-order valence-corrected chi connectivity index (χ0v) is 8.93. The van der Waals surface area contributed by atoms with Gasteiger partial charge in [-0.2, -0.15) is 0 Å². The summed E-state index contributed by atoms with van der Waals surface area (Å²) in [6.45, 7) is 4.06. The predicted molar refractivity (Wildman–Crippen MR) is 57.5 cm³/mol. The quantitative estimate of drug-likeness (QED) is 0.704. The van der Waals surface area contributed by atoms with Gasteiger partial charge >= 0.3 is 0 Å². The molecule has 14 heavy (non-hydrogen) atoms. The lowest BCUT2D eigenvalue weighted by atomic mass is 10.2. The first-order chi connectivity index (χ1) is 6.95. The van der Waals surface area contributed by atoms with Crippen molar-refractivity contribution in [1.82, 2.24) is 10.6 Å². The molecule has 2 aliphatic rings. The van der Waals surface area contributed by atoms with E-state index in [2.05, 4.69) is 10.6 Å². The van der Waals surface area contributed by atoms with Gasteiger partial charge in [-0.05, 0) is 25.8 Å². The lowest BCUT2D eigenvalue weighted by Gasteiger charge is -2.24. The highest BCUT2D eigenvalue weighted by Gasteiger charge is 2.16. The Morgan fingerprint density at radius 1 is 1.29 bits per heavy atom. The van der Waals surface area contributed by atoms with Gasteiger partial charge in [0.05, 0.1) is 12.7 Å². The first-order valence-corrected chi connectivity index (χ1v) is 6.01. The van der Waals surface area contributed by atoms with E-state index in [4.69, 9.17) is 4.74 Å². The Bertz CT molecular complexity index is 151. The van der Waals surface area contributed by atoms with Crippen LogP contribution in [0.25, 0.3) is 0 Å². The van der Waals surface area contributed by atoms with Gasteiger partial charge in [0.1, 0.15) is 0 Å². The van der Waals surface area contributed by atoms with Crippen LogP contribution in [0.15, 0.2) is 0 Å². The third-order valence-electron chi connectivity index (χ3n) is 3.26. The fourth-order valence-corrected chi connectivity index (χ4v) is 2.38. The van der Waals surface area contributed by atoms with Crippen LogP contribution in [0, 0.1) is 0 Å². The third-order valence-corrected chi connectivity index (χ3v) is 3.26. The number of hydrogen-bond acceptors (Lipinski definition) is 3. The Morgan fingerprint density at radius 3 is 2.86 bits per heavy atom. The topological polar surface area (TPSA) is 33.3 Å². The average Bonchev–Trinajstić information content (AvgIpc) is 2.72. The van der Waals surface area contributed by atoms with Gasteiger partial charge < -0.3 is 15.4 Å². The molecule has 82 valence electrons. The van der Waals surface area contributed by atoms with E-state index in [0.717, 1.165) is 38.7 Å². The Morgan fingerprint density at radius 2 is 2.14 bits per heavy atom. The standard InChI is InChI=1S/C11H22N2O/c1-2-4-10(3-1)13-6-5-11-9-12-7-8-14-11/h10-13H,1-9H2. The highest BCUT2D eigenvalue weighted by Crippen LogP contribution is 2.17. The molecule has 1 heterocycles. The minimum Gasteiger partial charge on any atom is -0.376 e. The molecule has 0 amide bonds. The van der Waals surface area contributed by atoms with E-state index in [1.54, 1.807) is 0 Å². The molecule has 2 N–H and O–H groups in total.